The lowest BCUT2D eigenvalue weighted by Gasteiger charge is -2.29. The van der Waals surface area contributed by atoms with E-state index in [0.29, 0.717) is 0 Å². The molecule has 0 unspecified atom stereocenters. The Balaban J connectivity index is 1.14. The number of unbranched alkanes of at least 4 members (excludes halogenated alkanes) is 4. The topological polar surface area (TPSA) is 0 Å². The molecule has 0 N–H and O–H groups in total. The van der Waals surface area contributed by atoms with Crippen LogP contribution in [-0.4, -0.2) is 0 Å². The Morgan fingerprint density at radius 1 is 0.396 bits per heavy atom. The van der Waals surface area contributed by atoms with Gasteiger partial charge in [0.05, 0.1) is 0 Å². The minimum Gasteiger partial charge on any atom is -0.0654 e. The zero-order valence-corrected chi connectivity index (χ0v) is 29.9. The molecule has 0 spiro atoms. The summed E-state index contributed by atoms with van der Waals surface area (Å²) >= 11 is 0. The highest BCUT2D eigenvalue weighted by molar-refractivity contribution is 6.21. The van der Waals surface area contributed by atoms with Crippen LogP contribution >= 0.6 is 0 Å². The molecule has 2 aliphatic carbocycles. The van der Waals surface area contributed by atoms with Crippen molar-refractivity contribution >= 4 is 21.5 Å². The van der Waals surface area contributed by atoms with Crippen LogP contribution in [0.3, 0.4) is 0 Å². The molecule has 48 heavy (non-hydrogen) atoms. The van der Waals surface area contributed by atoms with Crippen molar-refractivity contribution in [2.24, 2.45) is 11.8 Å². The van der Waals surface area contributed by atoms with Gasteiger partial charge in [-0.1, -0.05) is 162 Å². The standard InChI is InChI=1S/C48H58/c1-3-5-7-13-35-19-23-37(24-20-35)39-27-31-41(32-28-39)47-43-15-9-11-17-45(43)48(46-18-12-10-16-44(46)47)42-33-29-40(30-34-42)38-25-21-36(22-26-38)14-8-6-4-2/h9-12,15-18,27-38H,3-8,13-14,19-26H2,1-2H3. The van der Waals surface area contributed by atoms with E-state index in [1.165, 1.54) is 147 Å². The predicted octanol–water partition coefficient (Wildman–Crippen LogP) is 15.0. The third-order valence-electron chi connectivity index (χ3n) is 12.4. The van der Waals surface area contributed by atoms with Crippen molar-refractivity contribution in [1.29, 1.82) is 0 Å². The van der Waals surface area contributed by atoms with Gasteiger partial charge < -0.3 is 0 Å². The minimum atomic E-state index is 0.723. The van der Waals surface area contributed by atoms with Crippen molar-refractivity contribution in [1.82, 2.24) is 0 Å². The first-order valence-corrected chi connectivity index (χ1v) is 19.9. The molecule has 0 atom stereocenters. The molecule has 2 fully saturated rings. The van der Waals surface area contributed by atoms with Crippen LogP contribution in [0.1, 0.15) is 140 Å². The van der Waals surface area contributed by atoms with E-state index in [1.54, 1.807) is 11.1 Å². The summed E-state index contributed by atoms with van der Waals surface area (Å²) in [5.41, 5.74) is 8.52. The summed E-state index contributed by atoms with van der Waals surface area (Å²) in [5.74, 6) is 3.36. The third-order valence-corrected chi connectivity index (χ3v) is 12.4. The quantitative estimate of drug-likeness (QED) is 0.0946. The average Bonchev–Trinajstić information content (AvgIpc) is 3.15. The van der Waals surface area contributed by atoms with E-state index < -0.39 is 0 Å². The fourth-order valence-corrected chi connectivity index (χ4v) is 9.53. The van der Waals surface area contributed by atoms with Gasteiger partial charge in [0.15, 0.2) is 0 Å². The van der Waals surface area contributed by atoms with Gasteiger partial charge in [0, 0.05) is 0 Å². The van der Waals surface area contributed by atoms with Crippen molar-refractivity contribution in [3.05, 3.63) is 108 Å². The summed E-state index contributed by atoms with van der Waals surface area (Å²) in [5, 5.41) is 5.43. The summed E-state index contributed by atoms with van der Waals surface area (Å²) in [6, 6.07) is 37.8. The van der Waals surface area contributed by atoms with Gasteiger partial charge in [-0.2, -0.15) is 0 Å². The number of hydrogen-bond donors (Lipinski definition) is 0. The van der Waals surface area contributed by atoms with Crippen molar-refractivity contribution in [2.75, 3.05) is 0 Å². The molecule has 0 radical (unpaired) electrons. The van der Waals surface area contributed by atoms with Crippen LogP contribution in [0.15, 0.2) is 97.1 Å². The molecule has 0 bridgehead atoms. The summed E-state index contributed by atoms with van der Waals surface area (Å²) in [7, 11) is 0. The van der Waals surface area contributed by atoms with Crippen LogP contribution in [0.4, 0.5) is 0 Å². The highest BCUT2D eigenvalue weighted by Gasteiger charge is 2.24. The molecule has 5 aromatic rings. The Morgan fingerprint density at radius 3 is 1.04 bits per heavy atom. The first kappa shape index (κ1) is 33.1. The number of rotatable bonds is 12. The van der Waals surface area contributed by atoms with Gasteiger partial charge in [0.1, 0.15) is 0 Å². The van der Waals surface area contributed by atoms with Crippen molar-refractivity contribution in [2.45, 2.75) is 128 Å². The van der Waals surface area contributed by atoms with Gasteiger partial charge in [0.2, 0.25) is 0 Å². The Kier molecular flexibility index (Phi) is 11.0. The Morgan fingerprint density at radius 2 is 0.729 bits per heavy atom. The number of benzene rings is 5. The molecule has 0 aromatic heterocycles. The van der Waals surface area contributed by atoms with E-state index in [2.05, 4.69) is 111 Å². The summed E-state index contributed by atoms with van der Waals surface area (Å²) in [6.45, 7) is 4.64. The highest BCUT2D eigenvalue weighted by atomic mass is 14.3. The maximum absolute atomic E-state index is 2.45. The van der Waals surface area contributed by atoms with Crippen LogP contribution in [0, 0.1) is 11.8 Å². The fraction of sp³-hybridized carbons (Fsp3) is 0.458. The Hall–Kier alpha value is -3.38. The van der Waals surface area contributed by atoms with Gasteiger partial charge in [-0.05, 0) is 130 Å². The number of fused-ring (bicyclic) bond motifs is 2. The van der Waals surface area contributed by atoms with E-state index in [4.69, 9.17) is 0 Å². The van der Waals surface area contributed by atoms with Gasteiger partial charge in [0.25, 0.3) is 0 Å². The van der Waals surface area contributed by atoms with Gasteiger partial charge >= 0.3 is 0 Å². The highest BCUT2D eigenvalue weighted by Crippen LogP contribution is 2.45. The maximum atomic E-state index is 2.45. The predicted molar refractivity (Wildman–Crippen MR) is 210 cm³/mol. The second-order valence-corrected chi connectivity index (χ2v) is 15.5. The molecule has 0 heteroatoms. The van der Waals surface area contributed by atoms with Crippen molar-refractivity contribution in [3.8, 4) is 22.3 Å². The molecule has 5 aromatic carbocycles. The molecule has 0 heterocycles. The summed E-state index contributed by atoms with van der Waals surface area (Å²) in [4.78, 5) is 0. The van der Waals surface area contributed by atoms with Gasteiger partial charge in [-0.25, -0.2) is 0 Å². The second-order valence-electron chi connectivity index (χ2n) is 15.5. The Labute approximate surface area is 291 Å². The molecular formula is C48H58. The average molecular weight is 635 g/mol. The van der Waals surface area contributed by atoms with Gasteiger partial charge in [-0.3, -0.25) is 0 Å². The van der Waals surface area contributed by atoms with Crippen LogP contribution in [0.25, 0.3) is 43.8 Å². The molecule has 0 saturated heterocycles. The Bertz CT molecular complexity index is 1550. The fourth-order valence-electron chi connectivity index (χ4n) is 9.53. The third kappa shape index (κ3) is 7.29. The number of hydrogen-bond acceptors (Lipinski definition) is 0. The normalized spacial score (nSPS) is 21.5. The van der Waals surface area contributed by atoms with Gasteiger partial charge in [-0.15, -0.1) is 0 Å². The smallest absolute Gasteiger partial charge is 0.00264 e. The zero-order chi connectivity index (χ0) is 32.7. The van der Waals surface area contributed by atoms with Crippen LogP contribution in [0.5, 0.6) is 0 Å². The molecule has 0 aliphatic heterocycles. The minimum absolute atomic E-state index is 0.723. The SMILES string of the molecule is CCCCCC1CCC(c2ccc(-c3c4ccccc4c(-c4ccc(C5CCC(CCCCC)CC5)cc4)c4ccccc34)cc2)CC1. The lowest BCUT2D eigenvalue weighted by Crippen LogP contribution is -2.13. The van der Waals surface area contributed by atoms with Crippen LogP contribution in [-0.2, 0) is 0 Å². The molecule has 7 rings (SSSR count). The lowest BCUT2D eigenvalue weighted by atomic mass is 9.76. The summed E-state index contributed by atoms with van der Waals surface area (Å²) in [6.07, 6.45) is 22.3. The van der Waals surface area contributed by atoms with Crippen molar-refractivity contribution in [3.63, 3.8) is 0 Å². The first-order chi connectivity index (χ1) is 23.7. The molecule has 0 amide bonds. The summed E-state index contributed by atoms with van der Waals surface area (Å²) < 4.78 is 0. The molecular weight excluding hydrogens is 577 g/mol. The lowest BCUT2D eigenvalue weighted by molar-refractivity contribution is 0.303. The van der Waals surface area contributed by atoms with E-state index in [1.807, 2.05) is 0 Å². The monoisotopic (exact) mass is 634 g/mol. The van der Waals surface area contributed by atoms with Crippen LogP contribution in [0.2, 0.25) is 0 Å². The van der Waals surface area contributed by atoms with E-state index in [-0.39, 0.29) is 0 Å². The maximum Gasteiger partial charge on any atom is -0.00264 e. The van der Waals surface area contributed by atoms with E-state index in [9.17, 15) is 0 Å². The molecule has 2 aliphatic rings. The molecule has 250 valence electrons. The van der Waals surface area contributed by atoms with Crippen LogP contribution < -0.4 is 0 Å². The van der Waals surface area contributed by atoms with E-state index >= 15 is 0 Å². The zero-order valence-electron chi connectivity index (χ0n) is 29.9. The largest absolute Gasteiger partial charge is 0.0654 e. The van der Waals surface area contributed by atoms with E-state index in [0.717, 1.165) is 23.7 Å². The molecule has 0 nitrogen and oxygen atoms in total. The van der Waals surface area contributed by atoms with Crippen molar-refractivity contribution < 1.29 is 0 Å². The first-order valence-electron chi connectivity index (χ1n) is 19.9. The molecule has 2 saturated carbocycles. The second kappa shape index (κ2) is 15.9.